The Kier molecular flexibility index (Phi) is 2.33. The third-order valence-electron chi connectivity index (χ3n) is 3.32. The molecule has 3 N–H and O–H groups in total. The van der Waals surface area contributed by atoms with Gasteiger partial charge < -0.3 is 10.4 Å². The number of nitrogens with zero attached hydrogens (tertiary/aromatic N) is 1. The molecule has 2 atom stereocenters. The number of aliphatic hydroxyl groups excluding tert-OH is 1. The van der Waals surface area contributed by atoms with Gasteiger partial charge in [0.2, 0.25) is 0 Å². The van der Waals surface area contributed by atoms with Crippen LogP contribution in [-0.2, 0) is 6.54 Å². The van der Waals surface area contributed by atoms with Crippen LogP contribution in [0.5, 0.6) is 0 Å². The van der Waals surface area contributed by atoms with Crippen molar-refractivity contribution < 1.29 is 5.11 Å². The average Bonchev–Trinajstić information content (AvgIpc) is 2.64. The average molecular weight is 195 g/mol. The fourth-order valence-electron chi connectivity index (χ4n) is 1.86. The van der Waals surface area contributed by atoms with E-state index in [4.69, 9.17) is 0 Å². The number of aromatic amines is 1. The molecule has 1 aromatic heterocycles. The summed E-state index contributed by atoms with van der Waals surface area (Å²) in [5, 5.41) is 19.6. The number of rotatable bonds is 3. The molecule has 2 rings (SSSR count). The van der Waals surface area contributed by atoms with Crippen LogP contribution in [0.15, 0.2) is 12.4 Å². The molecule has 4 nitrogen and oxygen atoms in total. The maximum Gasteiger partial charge on any atom is 0.0621 e. The molecule has 1 saturated carbocycles. The SMILES string of the molecule is CC1(C)C(O)CC1NCc1cn[nH]c1. The zero-order valence-electron chi connectivity index (χ0n) is 8.62. The summed E-state index contributed by atoms with van der Waals surface area (Å²) in [5.74, 6) is 0. The maximum absolute atomic E-state index is 9.54. The first-order valence-corrected chi connectivity index (χ1v) is 5.00. The first kappa shape index (κ1) is 9.68. The normalized spacial score (nSPS) is 29.9. The van der Waals surface area contributed by atoms with Crippen molar-refractivity contribution in [2.45, 2.75) is 39.0 Å². The van der Waals surface area contributed by atoms with Gasteiger partial charge in [-0.25, -0.2) is 0 Å². The van der Waals surface area contributed by atoms with Crippen LogP contribution >= 0.6 is 0 Å². The predicted octanol–water partition coefficient (Wildman–Crippen LogP) is 0.659. The van der Waals surface area contributed by atoms with E-state index >= 15 is 0 Å². The topological polar surface area (TPSA) is 60.9 Å². The second kappa shape index (κ2) is 3.37. The van der Waals surface area contributed by atoms with Gasteiger partial charge in [-0.15, -0.1) is 0 Å². The van der Waals surface area contributed by atoms with Gasteiger partial charge in [0.05, 0.1) is 12.3 Å². The monoisotopic (exact) mass is 195 g/mol. The summed E-state index contributed by atoms with van der Waals surface area (Å²) in [4.78, 5) is 0. The molecule has 4 heteroatoms. The van der Waals surface area contributed by atoms with Crippen molar-refractivity contribution in [2.75, 3.05) is 0 Å². The molecule has 1 aromatic rings. The molecule has 0 radical (unpaired) electrons. The van der Waals surface area contributed by atoms with E-state index in [-0.39, 0.29) is 11.5 Å². The number of hydrogen-bond acceptors (Lipinski definition) is 3. The Labute approximate surface area is 83.7 Å². The van der Waals surface area contributed by atoms with Gasteiger partial charge in [0.1, 0.15) is 0 Å². The molecular formula is C10H17N3O. The number of nitrogens with one attached hydrogen (secondary N) is 2. The molecule has 0 bridgehead atoms. The quantitative estimate of drug-likeness (QED) is 0.664. The number of aromatic nitrogens is 2. The summed E-state index contributed by atoms with van der Waals surface area (Å²) in [5.41, 5.74) is 1.16. The second-order valence-corrected chi connectivity index (χ2v) is 4.61. The number of hydrogen-bond donors (Lipinski definition) is 3. The van der Waals surface area contributed by atoms with E-state index in [1.807, 2.05) is 12.4 Å². The van der Waals surface area contributed by atoms with E-state index in [0.717, 1.165) is 18.5 Å². The van der Waals surface area contributed by atoms with Crippen molar-refractivity contribution in [2.24, 2.45) is 5.41 Å². The van der Waals surface area contributed by atoms with Crippen LogP contribution in [-0.4, -0.2) is 27.4 Å². The molecule has 1 aliphatic rings. The van der Waals surface area contributed by atoms with Gasteiger partial charge in [-0.1, -0.05) is 13.8 Å². The Morgan fingerprint density at radius 3 is 3.00 bits per heavy atom. The second-order valence-electron chi connectivity index (χ2n) is 4.61. The van der Waals surface area contributed by atoms with Gasteiger partial charge in [0, 0.05) is 29.8 Å². The van der Waals surface area contributed by atoms with E-state index < -0.39 is 0 Å². The molecule has 2 unspecified atom stereocenters. The first-order valence-electron chi connectivity index (χ1n) is 5.00. The highest BCUT2D eigenvalue weighted by atomic mass is 16.3. The molecule has 0 aromatic carbocycles. The molecule has 0 saturated heterocycles. The Bertz CT molecular complexity index is 294. The lowest BCUT2D eigenvalue weighted by molar-refractivity contribution is -0.0729. The predicted molar refractivity (Wildman–Crippen MR) is 53.6 cm³/mol. The summed E-state index contributed by atoms with van der Waals surface area (Å²) < 4.78 is 0. The van der Waals surface area contributed by atoms with Crippen LogP contribution in [0.2, 0.25) is 0 Å². The minimum absolute atomic E-state index is 0.00371. The van der Waals surface area contributed by atoms with Gasteiger partial charge in [0.25, 0.3) is 0 Å². The summed E-state index contributed by atoms with van der Waals surface area (Å²) in [6.07, 6.45) is 4.39. The highest BCUT2D eigenvalue weighted by Crippen LogP contribution is 2.40. The maximum atomic E-state index is 9.54. The van der Waals surface area contributed by atoms with Gasteiger partial charge >= 0.3 is 0 Å². The van der Waals surface area contributed by atoms with Crippen LogP contribution in [0.3, 0.4) is 0 Å². The molecule has 0 spiro atoms. The number of aliphatic hydroxyl groups is 1. The standard InChI is InChI=1S/C10H17N3O/c1-10(2)8(3-9(10)14)11-4-7-5-12-13-6-7/h5-6,8-9,11,14H,3-4H2,1-2H3,(H,12,13). The van der Waals surface area contributed by atoms with Crippen molar-refractivity contribution in [3.05, 3.63) is 18.0 Å². The van der Waals surface area contributed by atoms with E-state index in [9.17, 15) is 5.11 Å². The molecule has 1 heterocycles. The summed E-state index contributed by atoms with van der Waals surface area (Å²) in [6.45, 7) is 5.00. The third kappa shape index (κ3) is 1.55. The van der Waals surface area contributed by atoms with Crippen LogP contribution in [0.4, 0.5) is 0 Å². The Balaban J connectivity index is 1.83. The zero-order chi connectivity index (χ0) is 10.2. The van der Waals surface area contributed by atoms with Crippen molar-refractivity contribution in [1.29, 1.82) is 0 Å². The van der Waals surface area contributed by atoms with Gasteiger partial charge in [0.15, 0.2) is 0 Å². The smallest absolute Gasteiger partial charge is 0.0621 e. The van der Waals surface area contributed by atoms with Gasteiger partial charge in [-0.3, -0.25) is 5.10 Å². The van der Waals surface area contributed by atoms with Crippen LogP contribution in [0.1, 0.15) is 25.8 Å². The van der Waals surface area contributed by atoms with E-state index in [1.165, 1.54) is 0 Å². The molecule has 0 aliphatic heterocycles. The summed E-state index contributed by atoms with van der Waals surface area (Å²) >= 11 is 0. The van der Waals surface area contributed by atoms with E-state index in [1.54, 1.807) is 0 Å². The summed E-state index contributed by atoms with van der Waals surface area (Å²) in [6, 6.07) is 0.410. The van der Waals surface area contributed by atoms with E-state index in [2.05, 4.69) is 29.4 Å². The summed E-state index contributed by atoms with van der Waals surface area (Å²) in [7, 11) is 0. The Morgan fingerprint density at radius 2 is 2.50 bits per heavy atom. The van der Waals surface area contributed by atoms with Gasteiger partial charge in [-0.05, 0) is 6.42 Å². The van der Waals surface area contributed by atoms with Crippen LogP contribution < -0.4 is 5.32 Å². The lowest BCUT2D eigenvalue weighted by Gasteiger charge is -2.49. The highest BCUT2D eigenvalue weighted by molar-refractivity contribution is 5.06. The number of H-pyrrole nitrogens is 1. The van der Waals surface area contributed by atoms with Crippen molar-refractivity contribution >= 4 is 0 Å². The molecule has 0 amide bonds. The molecular weight excluding hydrogens is 178 g/mol. The lowest BCUT2D eigenvalue weighted by atomic mass is 9.64. The lowest BCUT2D eigenvalue weighted by Crippen LogP contribution is -2.59. The van der Waals surface area contributed by atoms with Crippen molar-refractivity contribution in [1.82, 2.24) is 15.5 Å². The van der Waals surface area contributed by atoms with E-state index in [0.29, 0.717) is 6.04 Å². The van der Waals surface area contributed by atoms with Crippen LogP contribution in [0, 0.1) is 5.41 Å². The van der Waals surface area contributed by atoms with Gasteiger partial charge in [-0.2, -0.15) is 5.10 Å². The minimum atomic E-state index is -0.163. The third-order valence-corrected chi connectivity index (χ3v) is 3.32. The minimum Gasteiger partial charge on any atom is -0.392 e. The molecule has 1 aliphatic carbocycles. The van der Waals surface area contributed by atoms with Crippen molar-refractivity contribution in [3.63, 3.8) is 0 Å². The molecule has 14 heavy (non-hydrogen) atoms. The molecule has 1 fully saturated rings. The fraction of sp³-hybridized carbons (Fsp3) is 0.700. The zero-order valence-corrected chi connectivity index (χ0v) is 8.62. The molecule has 78 valence electrons. The Hall–Kier alpha value is -0.870. The van der Waals surface area contributed by atoms with Crippen LogP contribution in [0.25, 0.3) is 0 Å². The first-order chi connectivity index (χ1) is 6.60. The largest absolute Gasteiger partial charge is 0.392 e. The Morgan fingerprint density at radius 1 is 1.71 bits per heavy atom. The fourth-order valence-corrected chi connectivity index (χ4v) is 1.86. The van der Waals surface area contributed by atoms with Crippen molar-refractivity contribution in [3.8, 4) is 0 Å². The highest BCUT2D eigenvalue weighted by Gasteiger charge is 2.46.